The average molecular weight is 343 g/mol. The van der Waals surface area contributed by atoms with E-state index in [1.807, 2.05) is 69.6 Å². The summed E-state index contributed by atoms with van der Waals surface area (Å²) < 4.78 is 1.80. The molecule has 0 amide bonds. The fourth-order valence-corrected chi connectivity index (χ4v) is 2.44. The van der Waals surface area contributed by atoms with E-state index in [-0.39, 0.29) is 0 Å². The predicted octanol–water partition coefficient (Wildman–Crippen LogP) is 3.10. The number of imidazole rings is 1. The third-order valence-electron chi connectivity index (χ3n) is 4.14. The lowest BCUT2D eigenvalue weighted by Gasteiger charge is -2.14. The van der Waals surface area contributed by atoms with Crippen LogP contribution in [0.1, 0.15) is 22.6 Å². The molecule has 26 heavy (non-hydrogen) atoms. The van der Waals surface area contributed by atoms with Crippen LogP contribution in [0.25, 0.3) is 11.3 Å². The van der Waals surface area contributed by atoms with E-state index in [4.69, 9.17) is 5.73 Å². The lowest BCUT2D eigenvalue weighted by Crippen LogP contribution is -2.11. The first-order valence-corrected chi connectivity index (χ1v) is 8.25. The van der Waals surface area contributed by atoms with E-state index < -0.39 is 0 Å². The minimum atomic E-state index is 0.629. The van der Waals surface area contributed by atoms with Gasteiger partial charge in [-0.25, -0.2) is 9.50 Å². The van der Waals surface area contributed by atoms with Gasteiger partial charge in [-0.2, -0.15) is 5.10 Å². The van der Waals surface area contributed by atoms with Crippen molar-refractivity contribution in [1.82, 2.24) is 19.5 Å². The second-order valence-corrected chi connectivity index (χ2v) is 6.03. The Morgan fingerprint density at radius 2 is 1.92 bits per heavy atom. The van der Waals surface area contributed by atoms with E-state index in [9.17, 15) is 0 Å². The summed E-state index contributed by atoms with van der Waals surface area (Å²) in [6.07, 6.45) is 1.81. The summed E-state index contributed by atoms with van der Waals surface area (Å²) in [6, 6.07) is 13.6. The van der Waals surface area contributed by atoms with Crippen LogP contribution < -0.4 is 5.73 Å². The second-order valence-electron chi connectivity index (χ2n) is 6.03. The van der Waals surface area contributed by atoms with Gasteiger partial charge in [0, 0.05) is 13.2 Å². The van der Waals surface area contributed by atoms with E-state index >= 15 is 0 Å². The number of nitrogens with two attached hydrogens (primary N) is 1. The lowest BCUT2D eigenvalue weighted by molar-refractivity contribution is 0.598. The highest BCUT2D eigenvalue weighted by Gasteiger charge is 2.05. The summed E-state index contributed by atoms with van der Waals surface area (Å²) in [5.41, 5.74) is 11.8. The summed E-state index contributed by atoms with van der Waals surface area (Å²) >= 11 is 0. The molecule has 0 atom stereocenters. The molecule has 0 saturated carbocycles. The molecular formula is C21H21N5. The number of hydrogen-bond donors (Lipinski definition) is 1. The highest BCUT2D eigenvalue weighted by Crippen LogP contribution is 2.11. The van der Waals surface area contributed by atoms with Gasteiger partial charge >= 0.3 is 0 Å². The Bertz CT molecular complexity index is 1050. The molecule has 2 heterocycles. The molecule has 3 rings (SSSR count). The van der Waals surface area contributed by atoms with E-state index in [1.165, 1.54) is 0 Å². The molecule has 0 aliphatic carbocycles. The van der Waals surface area contributed by atoms with Crippen LogP contribution in [0.2, 0.25) is 0 Å². The van der Waals surface area contributed by atoms with E-state index in [0.29, 0.717) is 17.1 Å². The maximum absolute atomic E-state index is 6.13. The lowest BCUT2D eigenvalue weighted by atomic mass is 10.2. The van der Waals surface area contributed by atoms with Crippen molar-refractivity contribution in [3.63, 3.8) is 0 Å². The molecule has 0 saturated heterocycles. The summed E-state index contributed by atoms with van der Waals surface area (Å²) in [6.45, 7) is 7.96. The first kappa shape index (κ1) is 17.3. The molecule has 0 radical (unpaired) electrons. The van der Waals surface area contributed by atoms with Crippen molar-refractivity contribution in [3.8, 4) is 11.8 Å². The molecule has 2 N–H and O–H groups in total. The topological polar surface area (TPSA) is 59.5 Å². The van der Waals surface area contributed by atoms with Crippen LogP contribution in [-0.2, 0) is 0 Å². The summed E-state index contributed by atoms with van der Waals surface area (Å²) in [4.78, 5) is 6.25. The molecule has 0 bridgehead atoms. The largest absolute Gasteiger partial charge is 0.397 e. The van der Waals surface area contributed by atoms with Crippen molar-refractivity contribution in [1.29, 1.82) is 0 Å². The quantitative estimate of drug-likeness (QED) is 0.743. The molecule has 2 aromatic heterocycles. The van der Waals surface area contributed by atoms with Crippen LogP contribution >= 0.6 is 0 Å². The minimum absolute atomic E-state index is 0.629. The third kappa shape index (κ3) is 3.60. The predicted molar refractivity (Wildman–Crippen MR) is 105 cm³/mol. The Labute approximate surface area is 153 Å². The molecule has 0 unspecified atom stereocenters. The number of aryl methyl sites for hydroxylation is 2. The van der Waals surface area contributed by atoms with Crippen LogP contribution in [0.4, 0.5) is 0 Å². The first-order chi connectivity index (χ1) is 12.5. The highest BCUT2D eigenvalue weighted by atomic mass is 15.3. The monoisotopic (exact) mass is 343 g/mol. The summed E-state index contributed by atoms with van der Waals surface area (Å²) in [5.74, 6) is 6.08. The average Bonchev–Trinajstić information content (AvgIpc) is 2.94. The van der Waals surface area contributed by atoms with Gasteiger partial charge in [-0.05, 0) is 43.4 Å². The van der Waals surface area contributed by atoms with Crippen molar-refractivity contribution in [2.24, 2.45) is 5.73 Å². The number of benzene rings is 1. The molecule has 0 spiro atoms. The van der Waals surface area contributed by atoms with Crippen molar-refractivity contribution >= 4 is 11.3 Å². The van der Waals surface area contributed by atoms with Gasteiger partial charge < -0.3 is 10.6 Å². The fraction of sp³-hybridized carbons (Fsp3) is 0.143. The molecule has 130 valence electrons. The van der Waals surface area contributed by atoms with Crippen LogP contribution in [0.3, 0.4) is 0 Å². The molecule has 5 nitrogen and oxygen atoms in total. The zero-order valence-electron chi connectivity index (χ0n) is 15.2. The Morgan fingerprint density at radius 1 is 1.19 bits per heavy atom. The molecule has 0 aliphatic rings. The molecule has 5 heteroatoms. The normalized spacial score (nSPS) is 11.1. The summed E-state index contributed by atoms with van der Waals surface area (Å²) in [5, 5.41) is 4.52. The number of aromatic nitrogens is 3. The Morgan fingerprint density at radius 3 is 2.65 bits per heavy atom. The zero-order valence-corrected chi connectivity index (χ0v) is 15.2. The second kappa shape index (κ2) is 7.16. The fourth-order valence-electron chi connectivity index (χ4n) is 2.44. The molecule has 1 aromatic carbocycles. The highest BCUT2D eigenvalue weighted by molar-refractivity contribution is 5.62. The van der Waals surface area contributed by atoms with Crippen LogP contribution in [0.15, 0.2) is 60.9 Å². The van der Waals surface area contributed by atoms with Crippen molar-refractivity contribution in [2.75, 3.05) is 7.05 Å². The Kier molecular flexibility index (Phi) is 4.76. The summed E-state index contributed by atoms with van der Waals surface area (Å²) in [7, 11) is 1.87. The maximum atomic E-state index is 6.13. The van der Waals surface area contributed by atoms with Crippen molar-refractivity contribution < 1.29 is 0 Å². The first-order valence-electron chi connectivity index (χ1n) is 8.25. The van der Waals surface area contributed by atoms with Crippen molar-refractivity contribution in [2.45, 2.75) is 13.8 Å². The molecule has 3 aromatic rings. The van der Waals surface area contributed by atoms with Gasteiger partial charge in [-0.3, -0.25) is 0 Å². The van der Waals surface area contributed by atoms with Crippen LogP contribution in [0, 0.1) is 25.7 Å². The van der Waals surface area contributed by atoms with Crippen LogP contribution in [0.5, 0.6) is 0 Å². The Balaban J connectivity index is 1.79. The number of hydrogen-bond acceptors (Lipinski definition) is 4. The van der Waals surface area contributed by atoms with Gasteiger partial charge in [0.15, 0.2) is 5.65 Å². The number of rotatable bonds is 3. The van der Waals surface area contributed by atoms with E-state index in [0.717, 1.165) is 22.6 Å². The maximum Gasteiger partial charge on any atom is 0.154 e. The van der Waals surface area contributed by atoms with Gasteiger partial charge in [0.05, 0.1) is 22.8 Å². The number of nitrogens with zero attached hydrogens (tertiary/aromatic N) is 4. The Hall–Kier alpha value is -3.52. The van der Waals surface area contributed by atoms with E-state index in [1.54, 1.807) is 9.42 Å². The number of fused-ring (bicyclic) bond motifs is 1. The standard InChI is InChI=1S/C21H21N5/c1-15(25(4)14-20(22)18-8-6-5-7-9-18)10-11-19-12-13-21-23-16(2)17(3)26(21)24-19/h5-9,12-14H,1,22H2,2-4H3/b20-14-. The van der Waals surface area contributed by atoms with Crippen LogP contribution in [-0.4, -0.2) is 26.5 Å². The van der Waals surface area contributed by atoms with Gasteiger partial charge in [0.1, 0.15) is 5.69 Å². The molecule has 0 aliphatic heterocycles. The SMILES string of the molecule is C=C(C#Cc1ccc2nc(C)c(C)n2n1)N(C)/C=C(\N)c1ccccc1. The van der Waals surface area contributed by atoms with Crippen molar-refractivity contribution in [3.05, 3.63) is 83.6 Å². The molecular weight excluding hydrogens is 322 g/mol. The van der Waals surface area contributed by atoms with Gasteiger partial charge in [-0.1, -0.05) is 36.9 Å². The zero-order chi connectivity index (χ0) is 18.7. The molecule has 0 fully saturated rings. The van der Waals surface area contributed by atoms with Gasteiger partial charge in [0.2, 0.25) is 0 Å². The van der Waals surface area contributed by atoms with E-state index in [2.05, 4.69) is 28.5 Å². The van der Waals surface area contributed by atoms with Gasteiger partial charge in [0.25, 0.3) is 0 Å². The van der Waals surface area contributed by atoms with Gasteiger partial charge in [-0.15, -0.1) is 0 Å². The number of allylic oxidation sites excluding steroid dienone is 1. The third-order valence-corrected chi connectivity index (χ3v) is 4.14. The minimum Gasteiger partial charge on any atom is -0.397 e. The smallest absolute Gasteiger partial charge is 0.154 e.